The monoisotopic (exact) mass is 282 g/mol. The van der Waals surface area contributed by atoms with Crippen LogP contribution in [0.15, 0.2) is 22.2 Å². The third-order valence-electron chi connectivity index (χ3n) is 2.55. The molecule has 0 unspecified atom stereocenters. The Morgan fingerprint density at radius 2 is 2.39 bits per heavy atom. The van der Waals surface area contributed by atoms with E-state index in [0.29, 0.717) is 12.1 Å². The number of aromatic nitrogens is 1. The molecule has 0 spiro atoms. The first-order chi connectivity index (χ1) is 8.74. The first-order valence-corrected chi connectivity index (χ1v) is 7.46. The molecule has 18 heavy (non-hydrogen) atoms. The number of aliphatic hydroxyl groups excluding tert-OH is 1. The third-order valence-corrected chi connectivity index (χ3v) is 4.13. The van der Waals surface area contributed by atoms with E-state index in [2.05, 4.69) is 10.3 Å². The summed E-state index contributed by atoms with van der Waals surface area (Å²) in [5.74, 6) is -0.228. The number of thiazole rings is 1. The zero-order chi connectivity index (χ0) is 13.0. The summed E-state index contributed by atoms with van der Waals surface area (Å²) in [6.45, 7) is 1.86. The van der Waals surface area contributed by atoms with Crippen molar-refractivity contribution in [2.75, 3.05) is 6.61 Å². The van der Waals surface area contributed by atoms with E-state index in [-0.39, 0.29) is 18.6 Å². The molecule has 1 amide bonds. The molecule has 0 saturated carbocycles. The Bertz CT molecular complexity index is 504. The van der Waals surface area contributed by atoms with Crippen LogP contribution in [0.25, 0.3) is 10.6 Å². The molecule has 0 bridgehead atoms. The van der Waals surface area contributed by atoms with E-state index >= 15 is 0 Å². The van der Waals surface area contributed by atoms with E-state index in [4.69, 9.17) is 5.11 Å². The minimum Gasteiger partial charge on any atom is -0.394 e. The van der Waals surface area contributed by atoms with Crippen molar-refractivity contribution in [2.24, 2.45) is 0 Å². The predicted molar refractivity (Wildman–Crippen MR) is 74.1 cm³/mol. The van der Waals surface area contributed by atoms with Crippen LogP contribution in [0.3, 0.4) is 0 Å². The van der Waals surface area contributed by atoms with Crippen molar-refractivity contribution < 1.29 is 9.90 Å². The summed E-state index contributed by atoms with van der Waals surface area (Å²) in [5, 5.41) is 18.4. The number of amides is 1. The first-order valence-electron chi connectivity index (χ1n) is 5.64. The van der Waals surface area contributed by atoms with Gasteiger partial charge < -0.3 is 10.4 Å². The van der Waals surface area contributed by atoms with E-state index in [9.17, 15) is 4.79 Å². The van der Waals surface area contributed by atoms with Crippen LogP contribution in [-0.2, 0) is 0 Å². The second kappa shape index (κ2) is 6.08. The predicted octanol–water partition coefficient (Wildman–Crippen LogP) is 2.37. The standard InChI is InChI=1S/C12H14N2O2S2/c1-2-9(5-15)13-11(16)10-7-18-12(14-10)8-3-4-17-6-8/h3-4,6-7,9,15H,2,5H2,1H3,(H,13,16)/t9-/m0/s1. The van der Waals surface area contributed by atoms with Crippen LogP contribution in [0.2, 0.25) is 0 Å². The van der Waals surface area contributed by atoms with E-state index in [0.717, 1.165) is 10.6 Å². The van der Waals surface area contributed by atoms with Crippen LogP contribution in [0, 0.1) is 0 Å². The van der Waals surface area contributed by atoms with Gasteiger partial charge in [-0.2, -0.15) is 11.3 Å². The molecule has 0 aromatic carbocycles. The van der Waals surface area contributed by atoms with Crippen molar-refractivity contribution in [3.05, 3.63) is 27.9 Å². The van der Waals surface area contributed by atoms with Crippen molar-refractivity contribution in [2.45, 2.75) is 19.4 Å². The molecule has 2 aromatic rings. The quantitative estimate of drug-likeness (QED) is 0.885. The van der Waals surface area contributed by atoms with Gasteiger partial charge in [-0.05, 0) is 17.9 Å². The second-order valence-corrected chi connectivity index (χ2v) is 5.45. The zero-order valence-corrected chi connectivity index (χ0v) is 11.6. The van der Waals surface area contributed by atoms with Gasteiger partial charge in [0.2, 0.25) is 0 Å². The van der Waals surface area contributed by atoms with Gasteiger partial charge in [-0.25, -0.2) is 4.98 Å². The maximum atomic E-state index is 11.9. The van der Waals surface area contributed by atoms with Crippen molar-refractivity contribution in [1.29, 1.82) is 0 Å². The molecular formula is C12H14N2O2S2. The molecule has 0 aliphatic carbocycles. The molecule has 2 N–H and O–H groups in total. The molecule has 0 aliphatic heterocycles. The highest BCUT2D eigenvalue weighted by atomic mass is 32.1. The Kier molecular flexibility index (Phi) is 4.46. The van der Waals surface area contributed by atoms with Crippen LogP contribution in [0.5, 0.6) is 0 Å². The molecule has 2 aromatic heterocycles. The van der Waals surface area contributed by atoms with Crippen molar-refractivity contribution in [1.82, 2.24) is 10.3 Å². The van der Waals surface area contributed by atoms with Gasteiger partial charge in [0.15, 0.2) is 0 Å². The normalized spacial score (nSPS) is 12.3. The summed E-state index contributed by atoms with van der Waals surface area (Å²) in [7, 11) is 0. The van der Waals surface area contributed by atoms with Crippen LogP contribution >= 0.6 is 22.7 Å². The van der Waals surface area contributed by atoms with E-state index in [1.54, 1.807) is 16.7 Å². The number of thiophene rings is 1. The summed E-state index contributed by atoms with van der Waals surface area (Å²) in [5.41, 5.74) is 1.45. The largest absolute Gasteiger partial charge is 0.394 e. The molecule has 6 heteroatoms. The van der Waals surface area contributed by atoms with E-state index < -0.39 is 0 Å². The highest BCUT2D eigenvalue weighted by Crippen LogP contribution is 2.25. The number of carbonyl (C=O) groups excluding carboxylic acids is 1. The molecule has 0 saturated heterocycles. The van der Waals surface area contributed by atoms with Crippen LogP contribution in [-0.4, -0.2) is 28.6 Å². The van der Waals surface area contributed by atoms with Gasteiger partial charge in [-0.3, -0.25) is 4.79 Å². The minimum absolute atomic E-state index is 0.0518. The number of aliphatic hydroxyl groups is 1. The van der Waals surface area contributed by atoms with Gasteiger partial charge in [0, 0.05) is 16.3 Å². The number of rotatable bonds is 5. The Morgan fingerprint density at radius 3 is 3.00 bits per heavy atom. The highest BCUT2D eigenvalue weighted by molar-refractivity contribution is 7.14. The summed E-state index contributed by atoms with van der Waals surface area (Å²) >= 11 is 3.05. The fraction of sp³-hybridized carbons (Fsp3) is 0.333. The number of nitrogens with zero attached hydrogens (tertiary/aromatic N) is 1. The number of nitrogens with one attached hydrogen (secondary N) is 1. The molecule has 2 rings (SSSR count). The minimum atomic E-state index is -0.228. The lowest BCUT2D eigenvalue weighted by Crippen LogP contribution is -2.37. The number of hydrogen-bond donors (Lipinski definition) is 2. The smallest absolute Gasteiger partial charge is 0.271 e. The molecule has 0 radical (unpaired) electrons. The van der Waals surface area contributed by atoms with Crippen molar-refractivity contribution in [3.63, 3.8) is 0 Å². The molecule has 96 valence electrons. The average molecular weight is 282 g/mol. The molecular weight excluding hydrogens is 268 g/mol. The van der Waals surface area contributed by atoms with Gasteiger partial charge in [-0.1, -0.05) is 6.92 Å². The summed E-state index contributed by atoms with van der Waals surface area (Å²) in [6, 6.07) is 1.78. The summed E-state index contributed by atoms with van der Waals surface area (Å²) in [6.07, 6.45) is 0.698. The molecule has 2 heterocycles. The number of hydrogen-bond acceptors (Lipinski definition) is 5. The second-order valence-electron chi connectivity index (χ2n) is 3.81. The maximum absolute atomic E-state index is 11.9. The van der Waals surface area contributed by atoms with Crippen molar-refractivity contribution >= 4 is 28.6 Å². The molecule has 0 aliphatic rings. The fourth-order valence-electron chi connectivity index (χ4n) is 1.43. The summed E-state index contributed by atoms with van der Waals surface area (Å²) in [4.78, 5) is 16.2. The lowest BCUT2D eigenvalue weighted by molar-refractivity contribution is 0.0910. The Morgan fingerprint density at radius 1 is 1.56 bits per heavy atom. The topological polar surface area (TPSA) is 62.2 Å². The van der Waals surface area contributed by atoms with Gasteiger partial charge in [0.1, 0.15) is 10.7 Å². The zero-order valence-electron chi connectivity index (χ0n) is 9.92. The van der Waals surface area contributed by atoms with Crippen molar-refractivity contribution in [3.8, 4) is 10.6 Å². The van der Waals surface area contributed by atoms with Crippen LogP contribution < -0.4 is 5.32 Å². The highest BCUT2D eigenvalue weighted by Gasteiger charge is 2.15. The Hall–Kier alpha value is -1.24. The van der Waals surface area contributed by atoms with Crippen LogP contribution in [0.4, 0.5) is 0 Å². The average Bonchev–Trinajstić information content (AvgIpc) is 3.04. The number of carbonyl (C=O) groups is 1. The lowest BCUT2D eigenvalue weighted by atomic mass is 10.2. The molecule has 1 atom stereocenters. The first kappa shape index (κ1) is 13.2. The maximum Gasteiger partial charge on any atom is 0.271 e. The molecule has 0 fully saturated rings. The molecule has 4 nitrogen and oxygen atoms in total. The fourth-order valence-corrected chi connectivity index (χ4v) is 2.95. The lowest BCUT2D eigenvalue weighted by Gasteiger charge is -2.12. The van der Waals surface area contributed by atoms with E-state index in [1.165, 1.54) is 11.3 Å². The van der Waals surface area contributed by atoms with Gasteiger partial charge >= 0.3 is 0 Å². The van der Waals surface area contributed by atoms with Gasteiger partial charge in [0.25, 0.3) is 5.91 Å². The van der Waals surface area contributed by atoms with Crippen LogP contribution in [0.1, 0.15) is 23.8 Å². The Labute approximate surface area is 113 Å². The third kappa shape index (κ3) is 2.95. The van der Waals surface area contributed by atoms with E-state index in [1.807, 2.05) is 23.8 Å². The summed E-state index contributed by atoms with van der Waals surface area (Å²) < 4.78 is 0. The Balaban J connectivity index is 2.08. The van der Waals surface area contributed by atoms with Gasteiger partial charge in [0.05, 0.1) is 12.6 Å². The van der Waals surface area contributed by atoms with Gasteiger partial charge in [-0.15, -0.1) is 11.3 Å². The SMILES string of the molecule is CC[C@@H](CO)NC(=O)c1csc(-c2ccsc2)n1.